The molecule has 5 atom stereocenters. The maximum Gasteiger partial charge on any atom is 0.407 e. The van der Waals surface area contributed by atoms with Gasteiger partial charge in [0, 0.05) is 14.2 Å². The predicted octanol–water partition coefficient (Wildman–Crippen LogP) is 0.113. The van der Waals surface area contributed by atoms with Crippen molar-refractivity contribution >= 4 is 12.1 Å². The minimum absolute atomic E-state index is 0.0514. The topological polar surface area (TPSA) is 124 Å². The number of alkyl carbamates (subject to hydrolysis) is 1. The molecule has 0 unspecified atom stereocenters. The summed E-state index contributed by atoms with van der Waals surface area (Å²) in [4.78, 5) is 23.2. The summed E-state index contributed by atoms with van der Waals surface area (Å²) in [6, 6.07) is 8.12. The van der Waals surface area contributed by atoms with Crippen molar-refractivity contribution in [2.24, 2.45) is 0 Å². The smallest absolute Gasteiger partial charge is 0.407 e. The number of ether oxygens (including phenoxy) is 4. The summed E-state index contributed by atoms with van der Waals surface area (Å²) >= 11 is 0. The van der Waals surface area contributed by atoms with Crippen molar-refractivity contribution in [3.63, 3.8) is 0 Å². The number of rotatable bonds is 6. The van der Waals surface area contributed by atoms with Crippen LogP contribution in [0.2, 0.25) is 0 Å². The van der Waals surface area contributed by atoms with E-state index in [1.54, 1.807) is 12.1 Å². The van der Waals surface area contributed by atoms with E-state index in [0.29, 0.717) is 0 Å². The Hall–Kier alpha value is -2.20. The first kappa shape index (κ1) is 19.1. The Labute approximate surface area is 144 Å². The normalized spacial score (nSPS) is 29.0. The number of hydrogen-bond acceptors (Lipinski definition) is 7. The van der Waals surface area contributed by atoms with Crippen LogP contribution in [0.5, 0.6) is 0 Å². The summed E-state index contributed by atoms with van der Waals surface area (Å²) in [7, 11) is 2.58. The van der Waals surface area contributed by atoms with Gasteiger partial charge < -0.3 is 34.5 Å². The lowest BCUT2D eigenvalue weighted by Crippen LogP contribution is -2.65. The van der Waals surface area contributed by atoms with Gasteiger partial charge >= 0.3 is 12.1 Å². The highest BCUT2D eigenvalue weighted by molar-refractivity contribution is 5.73. The van der Waals surface area contributed by atoms with Gasteiger partial charge in [-0.15, -0.1) is 0 Å². The number of aliphatic carboxylic acids is 1. The monoisotopic (exact) mass is 355 g/mol. The average Bonchev–Trinajstić information content (AvgIpc) is 2.61. The molecule has 1 aromatic carbocycles. The van der Waals surface area contributed by atoms with Crippen molar-refractivity contribution < 1.29 is 38.7 Å². The van der Waals surface area contributed by atoms with Gasteiger partial charge in [0.25, 0.3) is 0 Å². The molecule has 138 valence electrons. The quantitative estimate of drug-likeness (QED) is 0.657. The molecule has 0 radical (unpaired) electrons. The zero-order valence-corrected chi connectivity index (χ0v) is 13.8. The molecule has 2 rings (SSSR count). The number of aliphatic hydroxyl groups is 1. The summed E-state index contributed by atoms with van der Waals surface area (Å²) in [5.74, 6) is -1.36. The summed E-state index contributed by atoms with van der Waals surface area (Å²) in [5.41, 5.74) is 0.801. The maximum atomic E-state index is 12.0. The van der Waals surface area contributed by atoms with E-state index in [2.05, 4.69) is 5.32 Å². The molecule has 1 aromatic rings. The van der Waals surface area contributed by atoms with E-state index in [4.69, 9.17) is 24.1 Å². The number of hydrogen-bond donors (Lipinski definition) is 3. The fraction of sp³-hybridized carbons (Fsp3) is 0.500. The van der Waals surface area contributed by atoms with Crippen LogP contribution >= 0.6 is 0 Å². The van der Waals surface area contributed by atoms with E-state index in [9.17, 15) is 14.7 Å². The fourth-order valence-corrected chi connectivity index (χ4v) is 2.59. The van der Waals surface area contributed by atoms with E-state index in [1.807, 2.05) is 18.2 Å². The van der Waals surface area contributed by atoms with Gasteiger partial charge in [0.05, 0.1) is 0 Å². The Kier molecular flexibility index (Phi) is 6.71. The highest BCUT2D eigenvalue weighted by atomic mass is 16.7. The van der Waals surface area contributed by atoms with Crippen molar-refractivity contribution in [2.75, 3.05) is 14.2 Å². The van der Waals surface area contributed by atoms with Crippen LogP contribution in [0.3, 0.4) is 0 Å². The molecule has 9 heteroatoms. The van der Waals surface area contributed by atoms with E-state index < -0.39 is 42.7 Å². The van der Waals surface area contributed by atoms with Crippen LogP contribution in [0.4, 0.5) is 4.79 Å². The second-order valence-corrected chi connectivity index (χ2v) is 5.42. The van der Waals surface area contributed by atoms with Crippen LogP contribution in [0.25, 0.3) is 0 Å². The molecule has 1 aliphatic heterocycles. The lowest BCUT2D eigenvalue weighted by Gasteiger charge is -2.42. The molecule has 25 heavy (non-hydrogen) atoms. The molecule has 9 nitrogen and oxygen atoms in total. The first-order valence-corrected chi connectivity index (χ1v) is 7.57. The van der Waals surface area contributed by atoms with Gasteiger partial charge in [-0.25, -0.2) is 9.59 Å². The SMILES string of the molecule is CO[C@H]1O[C@H](C(=O)O)[C@@H](O)[C@H](OC)[C@H]1NC(=O)OCc1ccccc1. The van der Waals surface area contributed by atoms with Crippen LogP contribution < -0.4 is 5.32 Å². The van der Waals surface area contributed by atoms with Crippen molar-refractivity contribution in [2.45, 2.75) is 37.3 Å². The summed E-state index contributed by atoms with van der Waals surface area (Å²) in [6.45, 7) is 0.0514. The van der Waals surface area contributed by atoms with E-state index >= 15 is 0 Å². The van der Waals surface area contributed by atoms with Gasteiger partial charge in [-0.2, -0.15) is 0 Å². The molecule has 1 saturated heterocycles. The second-order valence-electron chi connectivity index (χ2n) is 5.42. The number of aliphatic hydroxyl groups excluding tert-OH is 1. The Bertz CT molecular complexity index is 581. The van der Waals surface area contributed by atoms with Crippen molar-refractivity contribution in [1.29, 1.82) is 0 Å². The molecule has 0 aliphatic carbocycles. The van der Waals surface area contributed by atoms with E-state index in [-0.39, 0.29) is 6.61 Å². The highest BCUT2D eigenvalue weighted by Crippen LogP contribution is 2.24. The third-order valence-corrected chi connectivity index (χ3v) is 3.82. The van der Waals surface area contributed by atoms with Crippen LogP contribution in [0.15, 0.2) is 30.3 Å². The summed E-state index contributed by atoms with van der Waals surface area (Å²) in [6.07, 6.45) is -5.98. The highest BCUT2D eigenvalue weighted by Gasteiger charge is 2.49. The second kappa shape index (κ2) is 8.77. The van der Waals surface area contributed by atoms with Crippen molar-refractivity contribution in [3.8, 4) is 0 Å². The maximum absolute atomic E-state index is 12.0. The largest absolute Gasteiger partial charge is 0.479 e. The molecule has 0 spiro atoms. The van der Waals surface area contributed by atoms with E-state index in [0.717, 1.165) is 5.56 Å². The molecule has 0 saturated carbocycles. The molecule has 1 heterocycles. The zero-order valence-electron chi connectivity index (χ0n) is 13.8. The molecule has 1 amide bonds. The van der Waals surface area contributed by atoms with Crippen molar-refractivity contribution in [1.82, 2.24) is 5.32 Å². The number of benzene rings is 1. The lowest BCUT2D eigenvalue weighted by atomic mass is 9.96. The molecule has 1 aliphatic rings. The summed E-state index contributed by atoms with van der Waals surface area (Å²) in [5, 5.41) is 21.7. The Morgan fingerprint density at radius 1 is 1.20 bits per heavy atom. The van der Waals surface area contributed by atoms with Gasteiger partial charge in [0.1, 0.15) is 24.9 Å². The molecule has 0 bridgehead atoms. The van der Waals surface area contributed by atoms with Gasteiger partial charge in [-0.05, 0) is 5.56 Å². The fourth-order valence-electron chi connectivity index (χ4n) is 2.59. The Morgan fingerprint density at radius 2 is 1.88 bits per heavy atom. The molecular weight excluding hydrogens is 334 g/mol. The standard InChI is InChI=1S/C16H21NO8/c1-22-12-10(15(23-2)25-13(11(12)18)14(19)20)17-16(21)24-8-9-6-4-3-5-7-9/h3-7,10-13,15,18H,8H2,1-2H3,(H,17,21)(H,19,20)/t10-,11+,12-,13+,15+/m1/s1. The third kappa shape index (κ3) is 4.67. The van der Waals surface area contributed by atoms with Gasteiger partial charge in [0.15, 0.2) is 12.4 Å². The first-order valence-electron chi connectivity index (χ1n) is 7.57. The number of carboxylic acids is 1. The minimum atomic E-state index is -1.53. The van der Waals surface area contributed by atoms with Crippen LogP contribution in [-0.4, -0.2) is 67.1 Å². The number of nitrogens with one attached hydrogen (secondary N) is 1. The lowest BCUT2D eigenvalue weighted by molar-refractivity contribution is -0.260. The molecule has 3 N–H and O–H groups in total. The summed E-state index contributed by atoms with van der Waals surface area (Å²) < 4.78 is 20.5. The van der Waals surface area contributed by atoms with Crippen LogP contribution in [-0.2, 0) is 30.3 Å². The van der Waals surface area contributed by atoms with Gasteiger partial charge in [0.2, 0.25) is 0 Å². The molecular formula is C16H21NO8. The van der Waals surface area contributed by atoms with E-state index in [1.165, 1.54) is 14.2 Å². The van der Waals surface area contributed by atoms with Crippen LogP contribution in [0.1, 0.15) is 5.56 Å². The zero-order chi connectivity index (χ0) is 18.4. The molecule has 0 aromatic heterocycles. The van der Waals surface area contributed by atoms with Crippen molar-refractivity contribution in [3.05, 3.63) is 35.9 Å². The predicted molar refractivity (Wildman–Crippen MR) is 83.7 cm³/mol. The molecule has 1 fully saturated rings. The van der Waals surface area contributed by atoms with Crippen LogP contribution in [0, 0.1) is 0 Å². The average molecular weight is 355 g/mol. The number of methoxy groups -OCH3 is 2. The van der Waals surface area contributed by atoms with Gasteiger partial charge in [-0.1, -0.05) is 30.3 Å². The Balaban J connectivity index is 2.02. The number of carboxylic acid groups (broad SMARTS) is 1. The first-order chi connectivity index (χ1) is 12.0. The minimum Gasteiger partial charge on any atom is -0.479 e. The Morgan fingerprint density at radius 3 is 2.44 bits per heavy atom. The third-order valence-electron chi connectivity index (χ3n) is 3.82. The number of carbonyl (C=O) groups is 2. The number of carbonyl (C=O) groups excluding carboxylic acids is 1. The van der Waals surface area contributed by atoms with Gasteiger partial charge in [-0.3, -0.25) is 0 Å². The number of amides is 1.